The average Bonchev–Trinajstić information content (AvgIpc) is 2.41. The van der Waals surface area contributed by atoms with Crippen LogP contribution in [0.3, 0.4) is 0 Å². The summed E-state index contributed by atoms with van der Waals surface area (Å²) in [6, 6.07) is 2.85. The summed E-state index contributed by atoms with van der Waals surface area (Å²) in [7, 11) is 0. The van der Waals surface area contributed by atoms with Crippen molar-refractivity contribution in [2.24, 2.45) is 5.41 Å². The number of rotatable bonds is 6. The lowest BCUT2D eigenvalue weighted by molar-refractivity contribution is 0.0931. The molecule has 18 heavy (non-hydrogen) atoms. The van der Waals surface area contributed by atoms with E-state index in [-0.39, 0.29) is 16.9 Å². The van der Waals surface area contributed by atoms with Crippen molar-refractivity contribution in [3.63, 3.8) is 0 Å². The highest BCUT2D eigenvalue weighted by atomic mass is 35.5. The molecule has 0 aromatic carbocycles. The van der Waals surface area contributed by atoms with Crippen LogP contribution in [0.4, 0.5) is 0 Å². The van der Waals surface area contributed by atoms with Gasteiger partial charge in [-0.15, -0.1) is 11.6 Å². The molecule has 5 heteroatoms. The first-order valence-corrected chi connectivity index (χ1v) is 6.63. The standard InChI is InChI=1S/C13H19ClN2O2/c1-3-13(4-2,8-14)9-16-12(18)10-5-6-11(17)15-7-10/h5-7H,3-4,8-9H2,1-2H3,(H,15,17)(H,16,18). The van der Waals surface area contributed by atoms with Crippen LogP contribution >= 0.6 is 11.6 Å². The smallest absolute Gasteiger partial charge is 0.252 e. The molecule has 1 aromatic heterocycles. The third-order valence-electron chi connectivity index (χ3n) is 3.45. The third-order valence-corrected chi connectivity index (χ3v) is 4.02. The monoisotopic (exact) mass is 270 g/mol. The number of aromatic amines is 1. The van der Waals surface area contributed by atoms with Gasteiger partial charge < -0.3 is 10.3 Å². The fourth-order valence-electron chi connectivity index (χ4n) is 1.66. The maximum atomic E-state index is 11.9. The molecular weight excluding hydrogens is 252 g/mol. The molecule has 1 heterocycles. The van der Waals surface area contributed by atoms with Gasteiger partial charge >= 0.3 is 0 Å². The highest BCUT2D eigenvalue weighted by Crippen LogP contribution is 2.26. The van der Waals surface area contributed by atoms with Crippen molar-refractivity contribution in [3.05, 3.63) is 34.2 Å². The molecule has 0 aliphatic rings. The topological polar surface area (TPSA) is 62.0 Å². The van der Waals surface area contributed by atoms with Crippen molar-refractivity contribution in [1.82, 2.24) is 10.3 Å². The van der Waals surface area contributed by atoms with Gasteiger partial charge in [-0.3, -0.25) is 9.59 Å². The predicted octanol–water partition coefficient (Wildman–Crippen LogP) is 2.15. The molecule has 0 fully saturated rings. The number of carbonyl (C=O) groups is 1. The molecule has 0 radical (unpaired) electrons. The normalized spacial score (nSPS) is 11.3. The molecule has 0 atom stereocenters. The van der Waals surface area contributed by atoms with Crippen LogP contribution in [0.5, 0.6) is 0 Å². The summed E-state index contributed by atoms with van der Waals surface area (Å²) < 4.78 is 0. The zero-order valence-electron chi connectivity index (χ0n) is 10.8. The molecule has 0 saturated carbocycles. The van der Waals surface area contributed by atoms with Gasteiger partial charge in [0.05, 0.1) is 5.56 Å². The van der Waals surface area contributed by atoms with Gasteiger partial charge in [0.2, 0.25) is 5.56 Å². The van der Waals surface area contributed by atoms with E-state index in [0.29, 0.717) is 18.0 Å². The molecule has 1 rings (SSSR count). The van der Waals surface area contributed by atoms with Crippen LogP contribution in [0.2, 0.25) is 0 Å². The van der Waals surface area contributed by atoms with Crippen LogP contribution in [0, 0.1) is 5.41 Å². The molecule has 1 aromatic rings. The molecule has 0 saturated heterocycles. The molecule has 2 N–H and O–H groups in total. The number of carbonyl (C=O) groups excluding carboxylic acids is 1. The van der Waals surface area contributed by atoms with Crippen molar-refractivity contribution < 1.29 is 4.79 Å². The van der Waals surface area contributed by atoms with Gasteiger partial charge in [0.15, 0.2) is 0 Å². The fraction of sp³-hybridized carbons (Fsp3) is 0.538. The van der Waals surface area contributed by atoms with Gasteiger partial charge in [0.25, 0.3) is 5.91 Å². The second-order valence-electron chi connectivity index (χ2n) is 4.47. The minimum Gasteiger partial charge on any atom is -0.351 e. The van der Waals surface area contributed by atoms with E-state index >= 15 is 0 Å². The van der Waals surface area contributed by atoms with Crippen molar-refractivity contribution in [2.45, 2.75) is 26.7 Å². The van der Waals surface area contributed by atoms with E-state index in [4.69, 9.17) is 11.6 Å². The molecule has 0 bridgehead atoms. The Kier molecular flexibility index (Phi) is 5.41. The van der Waals surface area contributed by atoms with E-state index in [1.54, 1.807) is 0 Å². The number of nitrogens with one attached hydrogen (secondary N) is 2. The van der Waals surface area contributed by atoms with Gasteiger partial charge in [-0.1, -0.05) is 13.8 Å². The van der Waals surface area contributed by atoms with Crippen LogP contribution in [0.15, 0.2) is 23.1 Å². The van der Waals surface area contributed by atoms with Crippen molar-refractivity contribution >= 4 is 17.5 Å². The number of aromatic nitrogens is 1. The SMILES string of the molecule is CCC(CC)(CCl)CNC(=O)c1ccc(=O)[nH]c1. The number of halogens is 1. The van der Waals surface area contributed by atoms with Crippen molar-refractivity contribution in [3.8, 4) is 0 Å². The molecule has 1 amide bonds. The Balaban J connectivity index is 2.65. The van der Waals surface area contributed by atoms with Gasteiger partial charge in [0.1, 0.15) is 0 Å². The highest BCUT2D eigenvalue weighted by molar-refractivity contribution is 6.18. The van der Waals surface area contributed by atoms with Gasteiger partial charge in [0, 0.05) is 30.1 Å². The maximum Gasteiger partial charge on any atom is 0.252 e. The van der Waals surface area contributed by atoms with Crippen LogP contribution < -0.4 is 10.9 Å². The number of alkyl halides is 1. The summed E-state index contributed by atoms with van der Waals surface area (Å²) in [5.41, 5.74) is 0.174. The Morgan fingerprint density at radius 2 is 2.06 bits per heavy atom. The molecular formula is C13H19ClN2O2. The van der Waals surface area contributed by atoms with E-state index in [0.717, 1.165) is 12.8 Å². The van der Waals surface area contributed by atoms with E-state index in [9.17, 15) is 9.59 Å². The second kappa shape index (κ2) is 6.59. The molecule has 0 aliphatic carbocycles. The summed E-state index contributed by atoms with van der Waals surface area (Å²) >= 11 is 5.98. The summed E-state index contributed by atoms with van der Waals surface area (Å²) in [5, 5.41) is 2.87. The molecule has 100 valence electrons. The van der Waals surface area contributed by atoms with Crippen LogP contribution in [-0.2, 0) is 0 Å². The first-order valence-electron chi connectivity index (χ1n) is 6.10. The lowest BCUT2D eigenvalue weighted by atomic mass is 9.84. The van der Waals surface area contributed by atoms with Gasteiger partial charge in [-0.25, -0.2) is 0 Å². The Hall–Kier alpha value is -1.29. The molecule has 0 aliphatic heterocycles. The lowest BCUT2D eigenvalue weighted by Crippen LogP contribution is -2.38. The number of H-pyrrole nitrogens is 1. The average molecular weight is 271 g/mol. The summed E-state index contributed by atoms with van der Waals surface area (Å²) in [5.74, 6) is 0.328. The van der Waals surface area contributed by atoms with Crippen LogP contribution in [-0.4, -0.2) is 23.3 Å². The van der Waals surface area contributed by atoms with Gasteiger partial charge in [-0.2, -0.15) is 0 Å². The fourth-order valence-corrected chi connectivity index (χ4v) is 2.13. The first kappa shape index (κ1) is 14.8. The number of amides is 1. The minimum atomic E-state index is -0.219. The quantitative estimate of drug-likeness (QED) is 0.778. The number of pyridine rings is 1. The molecule has 4 nitrogen and oxygen atoms in total. The zero-order valence-corrected chi connectivity index (χ0v) is 11.5. The minimum absolute atomic E-state index is 0.0561. The Bertz CT molecular complexity index is 424. The second-order valence-corrected chi connectivity index (χ2v) is 4.73. The molecule has 0 spiro atoms. The number of hydrogen-bond donors (Lipinski definition) is 2. The largest absolute Gasteiger partial charge is 0.351 e. The van der Waals surface area contributed by atoms with Gasteiger partial charge in [-0.05, 0) is 18.9 Å². The van der Waals surface area contributed by atoms with Crippen molar-refractivity contribution in [2.75, 3.05) is 12.4 Å². The maximum absolute atomic E-state index is 11.9. The van der Waals surface area contributed by atoms with E-state index < -0.39 is 0 Å². The predicted molar refractivity (Wildman–Crippen MR) is 73.1 cm³/mol. The van der Waals surface area contributed by atoms with E-state index in [1.807, 2.05) is 0 Å². The zero-order chi connectivity index (χ0) is 13.6. The van der Waals surface area contributed by atoms with Crippen molar-refractivity contribution in [1.29, 1.82) is 0 Å². The third kappa shape index (κ3) is 3.60. The summed E-state index contributed by atoms with van der Waals surface area (Å²) in [6.07, 6.45) is 3.25. The summed E-state index contributed by atoms with van der Waals surface area (Å²) in [4.78, 5) is 25.2. The first-order chi connectivity index (χ1) is 8.56. The molecule has 0 unspecified atom stereocenters. The Morgan fingerprint density at radius 1 is 1.39 bits per heavy atom. The van der Waals surface area contributed by atoms with E-state index in [1.165, 1.54) is 18.3 Å². The number of hydrogen-bond acceptors (Lipinski definition) is 2. The van der Waals surface area contributed by atoms with Crippen LogP contribution in [0.25, 0.3) is 0 Å². The van der Waals surface area contributed by atoms with Crippen LogP contribution in [0.1, 0.15) is 37.0 Å². The van der Waals surface area contributed by atoms with E-state index in [2.05, 4.69) is 24.1 Å². The Labute approximate surface area is 112 Å². The highest BCUT2D eigenvalue weighted by Gasteiger charge is 2.25. The Morgan fingerprint density at radius 3 is 2.50 bits per heavy atom. The summed E-state index contributed by atoms with van der Waals surface area (Å²) in [6.45, 7) is 4.68. The lowest BCUT2D eigenvalue weighted by Gasteiger charge is -2.29.